The number of benzene rings is 1. The second-order valence-corrected chi connectivity index (χ2v) is 6.66. The van der Waals surface area contributed by atoms with Gasteiger partial charge in [0.25, 0.3) is 0 Å². The lowest BCUT2D eigenvalue weighted by atomic mass is 10.1. The van der Waals surface area contributed by atoms with Crippen LogP contribution in [-0.2, 0) is 35.2 Å². The minimum absolute atomic E-state index is 0.0508. The molecular weight excluding hydrogens is 338 g/mol. The van der Waals surface area contributed by atoms with Crippen LogP contribution in [0.2, 0.25) is 0 Å². The van der Waals surface area contributed by atoms with Crippen LogP contribution in [0.1, 0.15) is 5.56 Å². The van der Waals surface area contributed by atoms with Crippen LogP contribution < -0.4 is 0 Å². The Kier molecular flexibility index (Phi) is 5.45. The van der Waals surface area contributed by atoms with E-state index in [1.807, 2.05) is 18.2 Å². The Hall–Kier alpha value is -2.55. The summed E-state index contributed by atoms with van der Waals surface area (Å²) in [6, 6.07) is 9.05. The first kappa shape index (κ1) is 17.8. The molecule has 1 atom stereocenters. The quantitative estimate of drug-likeness (QED) is 0.579. The predicted octanol–water partition coefficient (Wildman–Crippen LogP) is 1.25. The van der Waals surface area contributed by atoms with Crippen molar-refractivity contribution in [1.29, 1.82) is 0 Å². The lowest BCUT2D eigenvalue weighted by Gasteiger charge is -2.15. The van der Waals surface area contributed by atoms with Gasteiger partial charge in [-0.2, -0.15) is 8.42 Å². The minimum atomic E-state index is -3.84. The molecule has 0 aromatic heterocycles. The highest BCUT2D eigenvalue weighted by molar-refractivity contribution is 7.86. The number of hydrogen-bond donors (Lipinski definition) is 0. The molecule has 1 aliphatic heterocycles. The van der Waals surface area contributed by atoms with Crippen LogP contribution in [0.3, 0.4) is 0 Å². The molecular formula is C15H17NO7S. The van der Waals surface area contributed by atoms with Gasteiger partial charge in [-0.05, 0) is 5.56 Å². The van der Waals surface area contributed by atoms with E-state index in [1.54, 1.807) is 12.1 Å². The van der Waals surface area contributed by atoms with Gasteiger partial charge in [-0.3, -0.25) is 9.69 Å². The summed E-state index contributed by atoms with van der Waals surface area (Å²) < 4.78 is 37.1. The second-order valence-electron chi connectivity index (χ2n) is 5.09. The first-order valence-corrected chi connectivity index (χ1v) is 8.78. The summed E-state index contributed by atoms with van der Waals surface area (Å²) in [6.45, 7) is -0.0691. The van der Waals surface area contributed by atoms with E-state index in [2.05, 4.69) is 4.74 Å². The highest BCUT2D eigenvalue weighted by Gasteiger charge is 2.37. The Balaban J connectivity index is 2.06. The number of amides is 1. The Morgan fingerprint density at radius 2 is 1.92 bits per heavy atom. The summed E-state index contributed by atoms with van der Waals surface area (Å²) in [5.41, 5.74) is 0.797. The summed E-state index contributed by atoms with van der Waals surface area (Å²) >= 11 is 0. The Bertz CT molecular complexity index is 742. The average molecular weight is 355 g/mol. The highest BCUT2D eigenvalue weighted by Crippen LogP contribution is 2.26. The molecule has 0 spiro atoms. The van der Waals surface area contributed by atoms with Gasteiger partial charge in [-0.15, -0.1) is 0 Å². The smallest absolute Gasteiger partial charge is 0.414 e. The molecule has 9 heteroatoms. The molecule has 1 heterocycles. The molecule has 1 aliphatic rings. The van der Waals surface area contributed by atoms with Crippen molar-refractivity contribution >= 4 is 22.2 Å². The molecule has 0 saturated heterocycles. The SMILES string of the molecule is COC(=O)C1CN(C(=O)OCc2ccccc2)C=C1OS(C)(=O)=O. The van der Waals surface area contributed by atoms with E-state index < -0.39 is 28.1 Å². The van der Waals surface area contributed by atoms with Crippen LogP contribution in [-0.4, -0.2) is 45.3 Å². The molecule has 0 aliphatic carbocycles. The average Bonchev–Trinajstić information content (AvgIpc) is 2.94. The molecule has 0 saturated carbocycles. The third kappa shape index (κ3) is 4.72. The maximum atomic E-state index is 12.1. The predicted molar refractivity (Wildman–Crippen MR) is 82.9 cm³/mol. The van der Waals surface area contributed by atoms with Gasteiger partial charge in [-0.25, -0.2) is 4.79 Å². The van der Waals surface area contributed by atoms with E-state index in [0.29, 0.717) is 0 Å². The molecule has 0 N–H and O–H groups in total. The van der Waals surface area contributed by atoms with E-state index in [9.17, 15) is 18.0 Å². The number of rotatable bonds is 5. The monoisotopic (exact) mass is 355 g/mol. The fourth-order valence-corrected chi connectivity index (χ4v) is 2.61. The maximum absolute atomic E-state index is 12.1. The number of esters is 1. The van der Waals surface area contributed by atoms with Gasteiger partial charge < -0.3 is 13.7 Å². The standard InChI is InChI=1S/C15H17NO7S/c1-21-14(17)12-8-16(9-13(12)23-24(2,19)20)15(18)22-10-11-6-4-3-5-7-11/h3-7,9,12H,8,10H2,1-2H3. The molecule has 130 valence electrons. The molecule has 8 nitrogen and oxygen atoms in total. The summed E-state index contributed by atoms with van der Waals surface area (Å²) in [7, 11) is -2.68. The van der Waals surface area contributed by atoms with Gasteiger partial charge >= 0.3 is 22.2 Å². The fraction of sp³-hybridized carbons (Fsp3) is 0.333. The Morgan fingerprint density at radius 1 is 1.25 bits per heavy atom. The number of methoxy groups -OCH3 is 1. The van der Waals surface area contributed by atoms with Gasteiger partial charge in [0, 0.05) is 6.54 Å². The molecule has 24 heavy (non-hydrogen) atoms. The fourth-order valence-electron chi connectivity index (χ4n) is 2.10. The third-order valence-corrected chi connectivity index (χ3v) is 3.67. The maximum Gasteiger partial charge on any atom is 0.414 e. The van der Waals surface area contributed by atoms with Crippen LogP contribution >= 0.6 is 0 Å². The van der Waals surface area contributed by atoms with E-state index in [1.165, 1.54) is 0 Å². The molecule has 1 aromatic rings. The van der Waals surface area contributed by atoms with Crippen LogP contribution in [0.4, 0.5) is 4.79 Å². The van der Waals surface area contributed by atoms with Gasteiger partial charge in [-0.1, -0.05) is 30.3 Å². The molecule has 1 unspecified atom stereocenters. The van der Waals surface area contributed by atoms with Crippen molar-refractivity contribution in [2.24, 2.45) is 5.92 Å². The number of carbonyl (C=O) groups excluding carboxylic acids is 2. The lowest BCUT2D eigenvalue weighted by molar-refractivity contribution is -0.144. The normalized spacial score (nSPS) is 17.2. The lowest BCUT2D eigenvalue weighted by Crippen LogP contribution is -2.30. The van der Waals surface area contributed by atoms with E-state index in [4.69, 9.17) is 8.92 Å². The highest BCUT2D eigenvalue weighted by atomic mass is 32.2. The van der Waals surface area contributed by atoms with Crippen molar-refractivity contribution in [3.8, 4) is 0 Å². The zero-order valence-electron chi connectivity index (χ0n) is 13.2. The van der Waals surface area contributed by atoms with Crippen molar-refractivity contribution in [2.75, 3.05) is 19.9 Å². The molecule has 1 aromatic carbocycles. The van der Waals surface area contributed by atoms with Gasteiger partial charge in [0.05, 0.1) is 19.6 Å². The van der Waals surface area contributed by atoms with Crippen molar-refractivity contribution in [1.82, 2.24) is 4.90 Å². The topological polar surface area (TPSA) is 99.2 Å². The summed E-state index contributed by atoms with van der Waals surface area (Å²) in [5.74, 6) is -1.90. The van der Waals surface area contributed by atoms with Crippen LogP contribution in [0, 0.1) is 5.92 Å². The number of ether oxygens (including phenoxy) is 2. The zero-order valence-corrected chi connectivity index (χ0v) is 14.0. The number of hydrogen-bond acceptors (Lipinski definition) is 7. The van der Waals surface area contributed by atoms with E-state index >= 15 is 0 Å². The first-order valence-electron chi connectivity index (χ1n) is 6.96. The van der Waals surface area contributed by atoms with Gasteiger partial charge in [0.2, 0.25) is 0 Å². The van der Waals surface area contributed by atoms with Gasteiger partial charge in [0.15, 0.2) is 5.76 Å². The zero-order chi connectivity index (χ0) is 17.7. The Morgan fingerprint density at radius 3 is 2.50 bits per heavy atom. The second kappa shape index (κ2) is 7.35. The van der Waals surface area contributed by atoms with Crippen molar-refractivity contribution < 1.29 is 31.7 Å². The molecule has 0 radical (unpaired) electrons. The largest absolute Gasteiger partial charge is 0.468 e. The molecule has 2 rings (SSSR count). The van der Waals surface area contributed by atoms with Crippen LogP contribution in [0.25, 0.3) is 0 Å². The van der Waals surface area contributed by atoms with Crippen LogP contribution in [0.15, 0.2) is 42.3 Å². The molecule has 0 bridgehead atoms. The number of carbonyl (C=O) groups is 2. The summed E-state index contributed by atoms with van der Waals surface area (Å²) in [5, 5.41) is 0. The summed E-state index contributed by atoms with van der Waals surface area (Å²) in [6.07, 6.45) is 1.26. The minimum Gasteiger partial charge on any atom is -0.468 e. The van der Waals surface area contributed by atoms with Crippen molar-refractivity contribution in [2.45, 2.75) is 6.61 Å². The van der Waals surface area contributed by atoms with Gasteiger partial charge in [0.1, 0.15) is 12.5 Å². The molecule has 0 fully saturated rings. The summed E-state index contributed by atoms with van der Waals surface area (Å²) in [4.78, 5) is 24.9. The molecule has 1 amide bonds. The van der Waals surface area contributed by atoms with E-state index in [0.717, 1.165) is 30.0 Å². The van der Waals surface area contributed by atoms with Crippen LogP contribution in [0.5, 0.6) is 0 Å². The number of nitrogens with zero attached hydrogens (tertiary/aromatic N) is 1. The van der Waals surface area contributed by atoms with Crippen molar-refractivity contribution in [3.63, 3.8) is 0 Å². The first-order chi connectivity index (χ1) is 11.3. The van der Waals surface area contributed by atoms with Crippen molar-refractivity contribution in [3.05, 3.63) is 47.9 Å². The Labute approximate surface area is 139 Å². The third-order valence-electron chi connectivity index (χ3n) is 3.18. The van der Waals surface area contributed by atoms with E-state index in [-0.39, 0.29) is 18.9 Å².